The molecule has 0 saturated heterocycles. The molecule has 0 radical (unpaired) electrons. The van der Waals surface area contributed by atoms with Gasteiger partial charge in [-0.15, -0.1) is 5.10 Å². The van der Waals surface area contributed by atoms with Crippen LogP contribution in [0.25, 0.3) is 16.8 Å². The quantitative estimate of drug-likeness (QED) is 0.269. The number of carboxylic acid groups (broad SMARTS) is 1. The first kappa shape index (κ1) is 27.9. The number of nitrogens with zero attached hydrogens (tertiary/aromatic N) is 5. The first-order chi connectivity index (χ1) is 20.8. The van der Waals surface area contributed by atoms with E-state index in [9.17, 15) is 23.9 Å². The number of carbonyl (C=O) groups is 3. The number of aromatic nitrogens is 4. The molecular formula is C32H23ClFN5O4. The number of rotatable bonds is 7. The molecule has 2 aromatic heterocycles. The highest BCUT2D eigenvalue weighted by Gasteiger charge is 2.38. The van der Waals surface area contributed by atoms with Crippen LogP contribution < -0.4 is 0 Å². The van der Waals surface area contributed by atoms with Gasteiger partial charge in [-0.05, 0) is 70.6 Å². The second-order valence-electron chi connectivity index (χ2n) is 10.0. The molecule has 43 heavy (non-hydrogen) atoms. The minimum Gasteiger partial charge on any atom is -0.478 e. The molecule has 0 saturated carbocycles. The fourth-order valence-electron chi connectivity index (χ4n) is 5.40. The molecule has 0 fully saturated rings. The summed E-state index contributed by atoms with van der Waals surface area (Å²) in [6.07, 6.45) is 5.15. The number of carboxylic acids is 1. The predicted octanol–water partition coefficient (Wildman–Crippen LogP) is 5.37. The van der Waals surface area contributed by atoms with E-state index in [1.807, 2.05) is 30.3 Å². The Hall–Kier alpha value is -5.22. The molecule has 11 heteroatoms. The number of aromatic carboxylic acids is 1. The number of hydrogen-bond donors (Lipinski definition) is 1. The van der Waals surface area contributed by atoms with Gasteiger partial charge in [0.15, 0.2) is 17.3 Å². The second-order valence-corrected chi connectivity index (χ2v) is 10.4. The maximum atomic E-state index is 14.6. The van der Waals surface area contributed by atoms with E-state index in [1.165, 1.54) is 35.4 Å². The third-order valence-electron chi connectivity index (χ3n) is 7.45. The maximum absolute atomic E-state index is 14.6. The van der Waals surface area contributed by atoms with Crippen molar-refractivity contribution in [2.24, 2.45) is 0 Å². The van der Waals surface area contributed by atoms with Crippen molar-refractivity contribution in [3.05, 3.63) is 130 Å². The molecule has 1 N–H and O–H groups in total. The molecule has 1 aliphatic heterocycles. The van der Waals surface area contributed by atoms with Crippen LogP contribution >= 0.6 is 11.6 Å². The van der Waals surface area contributed by atoms with Crippen LogP contribution in [-0.2, 0) is 17.6 Å². The van der Waals surface area contributed by atoms with E-state index < -0.39 is 23.7 Å². The number of benzene rings is 3. The van der Waals surface area contributed by atoms with Crippen LogP contribution in [0.2, 0.25) is 5.02 Å². The third-order valence-corrected chi connectivity index (χ3v) is 7.74. The summed E-state index contributed by atoms with van der Waals surface area (Å²) in [5, 5.41) is 17.1. The zero-order valence-electron chi connectivity index (χ0n) is 22.5. The van der Waals surface area contributed by atoms with Gasteiger partial charge in [0, 0.05) is 25.4 Å². The summed E-state index contributed by atoms with van der Waals surface area (Å²) < 4.78 is 15.8. The van der Waals surface area contributed by atoms with Crippen molar-refractivity contribution in [1.29, 1.82) is 0 Å². The molecule has 1 unspecified atom stereocenters. The fourth-order valence-corrected chi connectivity index (χ4v) is 5.57. The summed E-state index contributed by atoms with van der Waals surface area (Å²) in [6.45, 7) is 0.223. The van der Waals surface area contributed by atoms with Gasteiger partial charge in [0.25, 0.3) is 5.91 Å². The fraction of sp³-hybridized carbons (Fsp3) is 0.125. The van der Waals surface area contributed by atoms with Gasteiger partial charge in [0.05, 0.1) is 16.8 Å². The van der Waals surface area contributed by atoms with E-state index in [1.54, 1.807) is 30.6 Å². The molecule has 0 bridgehead atoms. The summed E-state index contributed by atoms with van der Waals surface area (Å²) in [4.78, 5) is 44.8. The molecule has 3 heterocycles. The molecule has 9 nitrogen and oxygen atoms in total. The van der Waals surface area contributed by atoms with Crippen molar-refractivity contribution in [3.8, 4) is 16.8 Å². The summed E-state index contributed by atoms with van der Waals surface area (Å²) in [5.41, 5.74) is 4.21. The molecule has 5 aromatic rings. The van der Waals surface area contributed by atoms with Gasteiger partial charge in [0.2, 0.25) is 0 Å². The first-order valence-corrected chi connectivity index (χ1v) is 13.7. The molecule has 0 aliphatic carbocycles. The van der Waals surface area contributed by atoms with Crippen LogP contribution in [0.1, 0.15) is 43.6 Å². The number of ketones is 1. The Morgan fingerprint density at radius 2 is 1.72 bits per heavy atom. The molecule has 0 spiro atoms. The van der Waals surface area contributed by atoms with Gasteiger partial charge in [0.1, 0.15) is 11.7 Å². The van der Waals surface area contributed by atoms with Crippen molar-refractivity contribution in [2.75, 3.05) is 6.54 Å². The zero-order chi connectivity index (χ0) is 30.1. The lowest BCUT2D eigenvalue weighted by Gasteiger charge is -2.37. The van der Waals surface area contributed by atoms with E-state index in [-0.39, 0.29) is 40.7 Å². The van der Waals surface area contributed by atoms with Crippen LogP contribution in [0, 0.1) is 5.82 Å². The Balaban J connectivity index is 1.38. The summed E-state index contributed by atoms with van der Waals surface area (Å²) in [5.74, 6) is -2.55. The predicted molar refractivity (Wildman–Crippen MR) is 156 cm³/mol. The minimum atomic E-state index is -1.06. The number of carbonyl (C=O) groups excluding carboxylic acids is 2. The normalized spacial score (nSPS) is 14.3. The lowest BCUT2D eigenvalue weighted by Crippen LogP contribution is -2.44. The average molecular weight is 596 g/mol. The van der Waals surface area contributed by atoms with Crippen LogP contribution in [0.5, 0.6) is 0 Å². The zero-order valence-corrected chi connectivity index (χ0v) is 23.3. The second kappa shape index (κ2) is 11.6. The van der Waals surface area contributed by atoms with Gasteiger partial charge in [-0.1, -0.05) is 53.2 Å². The van der Waals surface area contributed by atoms with E-state index in [0.29, 0.717) is 17.5 Å². The smallest absolute Gasteiger partial charge is 0.335 e. The van der Waals surface area contributed by atoms with Crippen LogP contribution in [0.4, 0.5) is 4.39 Å². The molecule has 3 aromatic carbocycles. The first-order valence-electron chi connectivity index (χ1n) is 13.4. The number of hydrogen-bond acceptors (Lipinski definition) is 6. The average Bonchev–Trinajstić information content (AvgIpc) is 3.52. The topological polar surface area (TPSA) is 118 Å². The Morgan fingerprint density at radius 1 is 0.977 bits per heavy atom. The number of halogens is 2. The summed E-state index contributed by atoms with van der Waals surface area (Å²) >= 11 is 5.92. The van der Waals surface area contributed by atoms with Gasteiger partial charge in [-0.2, -0.15) is 0 Å². The molecule has 214 valence electrons. The van der Waals surface area contributed by atoms with E-state index in [0.717, 1.165) is 21.4 Å². The van der Waals surface area contributed by atoms with Crippen molar-refractivity contribution >= 4 is 29.3 Å². The standard InChI is InChI=1S/C32H23ClFN5O4/c33-25-5-2-6-27(29(25)34)39-18-26(36-37-39)31(41)38-16-13-23-22(20-11-14-35-15-12-20)3-1-4-24(23)30(38)28(40)17-19-7-9-21(10-8-19)32(42)43/h1-12,14-15,18,30H,13,16-17H2,(H,42,43). The monoisotopic (exact) mass is 595 g/mol. The lowest BCUT2D eigenvalue weighted by atomic mass is 9.84. The summed E-state index contributed by atoms with van der Waals surface area (Å²) in [7, 11) is 0. The Kier molecular flexibility index (Phi) is 7.52. The SMILES string of the molecule is O=C(O)c1ccc(CC(=O)C2c3cccc(-c4ccncc4)c3CCN2C(=O)c2cn(-c3cccc(Cl)c3F)nn2)cc1. The van der Waals surface area contributed by atoms with Crippen molar-refractivity contribution < 1.29 is 23.9 Å². The summed E-state index contributed by atoms with van der Waals surface area (Å²) in [6, 6.07) is 19.0. The highest BCUT2D eigenvalue weighted by molar-refractivity contribution is 6.30. The Morgan fingerprint density at radius 3 is 2.47 bits per heavy atom. The number of pyridine rings is 1. The lowest BCUT2D eigenvalue weighted by molar-refractivity contribution is -0.123. The minimum absolute atomic E-state index is 0.0301. The number of fused-ring (bicyclic) bond motifs is 1. The van der Waals surface area contributed by atoms with E-state index in [4.69, 9.17) is 11.6 Å². The molecule has 1 amide bonds. The van der Waals surface area contributed by atoms with Gasteiger partial charge < -0.3 is 10.0 Å². The highest BCUT2D eigenvalue weighted by atomic mass is 35.5. The molecule has 1 atom stereocenters. The van der Waals surface area contributed by atoms with Crippen molar-refractivity contribution in [3.63, 3.8) is 0 Å². The van der Waals surface area contributed by atoms with Crippen molar-refractivity contribution in [1.82, 2.24) is 24.9 Å². The number of amides is 1. The van der Waals surface area contributed by atoms with Gasteiger partial charge >= 0.3 is 5.97 Å². The van der Waals surface area contributed by atoms with Crippen LogP contribution in [0.3, 0.4) is 0 Å². The van der Waals surface area contributed by atoms with Crippen LogP contribution in [0.15, 0.2) is 91.4 Å². The molecular weight excluding hydrogens is 573 g/mol. The van der Waals surface area contributed by atoms with E-state index in [2.05, 4.69) is 15.3 Å². The Labute approximate surface area is 250 Å². The molecule has 1 aliphatic rings. The van der Waals surface area contributed by atoms with Crippen molar-refractivity contribution in [2.45, 2.75) is 18.9 Å². The van der Waals surface area contributed by atoms with Crippen LogP contribution in [-0.4, -0.2) is 54.2 Å². The Bertz CT molecular complexity index is 1860. The number of Topliss-reactive ketones (excluding diaryl/α,β-unsaturated/α-hetero) is 1. The maximum Gasteiger partial charge on any atom is 0.335 e. The third kappa shape index (κ3) is 5.40. The largest absolute Gasteiger partial charge is 0.478 e. The molecule has 6 rings (SSSR count). The van der Waals surface area contributed by atoms with Gasteiger partial charge in [-0.3, -0.25) is 14.6 Å². The van der Waals surface area contributed by atoms with Gasteiger partial charge in [-0.25, -0.2) is 13.9 Å². The highest BCUT2D eigenvalue weighted by Crippen LogP contribution is 2.37. The van der Waals surface area contributed by atoms with E-state index >= 15 is 0 Å².